The van der Waals surface area contributed by atoms with Crippen LogP contribution in [-0.4, -0.2) is 24.0 Å². The molecule has 1 aromatic carbocycles. The molecular weight excluding hydrogens is 381 g/mol. The number of anilines is 1. The van der Waals surface area contributed by atoms with E-state index in [2.05, 4.69) is 9.82 Å². The molecular formula is C14H16Cl3N3O2S. The summed E-state index contributed by atoms with van der Waals surface area (Å²) < 4.78 is 27.8. The Hall–Kier alpha value is -0.950. The second-order valence-corrected chi connectivity index (χ2v) is 8.11. The second-order valence-electron chi connectivity index (χ2n) is 5.05. The van der Waals surface area contributed by atoms with E-state index in [1.165, 1.54) is 0 Å². The molecule has 1 N–H and O–H groups in total. The van der Waals surface area contributed by atoms with Crippen LogP contribution in [0.2, 0.25) is 15.1 Å². The first-order valence-corrected chi connectivity index (χ1v) is 9.76. The van der Waals surface area contributed by atoms with E-state index in [1.54, 1.807) is 23.0 Å². The van der Waals surface area contributed by atoms with Gasteiger partial charge in [0.05, 0.1) is 22.3 Å². The molecule has 0 spiro atoms. The summed E-state index contributed by atoms with van der Waals surface area (Å²) in [5, 5.41) is 5.33. The number of unbranched alkanes of at least 4 members (excludes halogenated alkanes) is 1. The van der Waals surface area contributed by atoms with Gasteiger partial charge in [-0.1, -0.05) is 54.2 Å². The molecule has 2 rings (SSSR count). The summed E-state index contributed by atoms with van der Waals surface area (Å²) in [5.74, 6) is 0.169. The van der Waals surface area contributed by atoms with E-state index in [-0.39, 0.29) is 16.6 Å². The SMILES string of the molecule is CCCCS(=O)(=O)Nc1nn(Cc2ccc(Cl)c(Cl)c2)cc1Cl. The number of nitrogens with zero attached hydrogens (tertiary/aromatic N) is 2. The normalized spacial score (nSPS) is 11.7. The van der Waals surface area contributed by atoms with Crippen LogP contribution in [0, 0.1) is 0 Å². The summed E-state index contributed by atoms with van der Waals surface area (Å²) in [6.07, 6.45) is 2.93. The zero-order valence-corrected chi connectivity index (χ0v) is 15.5. The van der Waals surface area contributed by atoms with Crippen LogP contribution >= 0.6 is 34.8 Å². The average molecular weight is 397 g/mol. The Labute approximate surface area is 150 Å². The van der Waals surface area contributed by atoms with Crippen LogP contribution in [0.25, 0.3) is 0 Å². The third kappa shape index (κ3) is 5.28. The standard InChI is InChI=1S/C14H16Cl3N3O2S/c1-2-3-6-23(21,22)19-14-13(17)9-20(18-14)8-10-4-5-11(15)12(16)7-10/h4-5,7,9H,2-3,6,8H2,1H3,(H,18,19). The largest absolute Gasteiger partial charge is 0.265 e. The van der Waals surface area contributed by atoms with E-state index in [9.17, 15) is 8.42 Å². The summed E-state index contributed by atoms with van der Waals surface area (Å²) >= 11 is 17.9. The van der Waals surface area contributed by atoms with Crippen molar-refractivity contribution in [3.63, 3.8) is 0 Å². The minimum atomic E-state index is -3.44. The summed E-state index contributed by atoms with van der Waals surface area (Å²) in [6, 6.07) is 5.23. The van der Waals surface area contributed by atoms with Gasteiger partial charge in [0.2, 0.25) is 10.0 Å². The van der Waals surface area contributed by atoms with Crippen LogP contribution in [0.1, 0.15) is 25.3 Å². The quantitative estimate of drug-likeness (QED) is 0.753. The maximum Gasteiger partial charge on any atom is 0.233 e. The molecule has 5 nitrogen and oxygen atoms in total. The number of benzene rings is 1. The third-order valence-electron chi connectivity index (χ3n) is 3.06. The molecule has 0 aliphatic carbocycles. The molecule has 1 aromatic heterocycles. The summed E-state index contributed by atoms with van der Waals surface area (Å²) in [4.78, 5) is 0. The molecule has 0 radical (unpaired) electrons. The van der Waals surface area contributed by atoms with Gasteiger partial charge in [0.15, 0.2) is 5.82 Å². The fraction of sp³-hybridized carbons (Fsp3) is 0.357. The molecule has 126 valence electrons. The summed E-state index contributed by atoms with van der Waals surface area (Å²) in [5.41, 5.74) is 0.874. The molecule has 23 heavy (non-hydrogen) atoms. The van der Waals surface area contributed by atoms with Gasteiger partial charge < -0.3 is 0 Å². The molecule has 0 atom stereocenters. The smallest absolute Gasteiger partial charge is 0.233 e. The highest BCUT2D eigenvalue weighted by Gasteiger charge is 2.15. The number of hydrogen-bond donors (Lipinski definition) is 1. The van der Waals surface area contributed by atoms with Gasteiger partial charge in [-0.2, -0.15) is 5.10 Å². The van der Waals surface area contributed by atoms with Crippen molar-refractivity contribution in [3.05, 3.63) is 45.0 Å². The molecule has 2 aromatic rings. The fourth-order valence-electron chi connectivity index (χ4n) is 1.90. The number of sulfonamides is 1. The van der Waals surface area contributed by atoms with Gasteiger partial charge in [-0.05, 0) is 24.1 Å². The molecule has 0 saturated heterocycles. The molecule has 0 aliphatic heterocycles. The molecule has 9 heteroatoms. The topological polar surface area (TPSA) is 64.0 Å². The van der Waals surface area contributed by atoms with Crippen LogP contribution in [0.15, 0.2) is 24.4 Å². The van der Waals surface area contributed by atoms with Crippen molar-refractivity contribution in [2.45, 2.75) is 26.3 Å². The Balaban J connectivity index is 2.13. The zero-order valence-electron chi connectivity index (χ0n) is 12.4. The molecule has 0 saturated carbocycles. The van der Waals surface area contributed by atoms with Crippen molar-refractivity contribution < 1.29 is 8.42 Å². The second kappa shape index (κ2) is 7.75. The monoisotopic (exact) mass is 395 g/mol. The van der Waals surface area contributed by atoms with Gasteiger partial charge in [-0.25, -0.2) is 8.42 Å². The van der Waals surface area contributed by atoms with Crippen molar-refractivity contribution >= 4 is 50.6 Å². The lowest BCUT2D eigenvalue weighted by molar-refractivity contribution is 0.597. The molecule has 0 fully saturated rings. The maximum atomic E-state index is 11.9. The van der Waals surface area contributed by atoms with Crippen LogP contribution < -0.4 is 4.72 Å². The van der Waals surface area contributed by atoms with Crippen molar-refractivity contribution in [2.24, 2.45) is 0 Å². The Kier molecular flexibility index (Phi) is 6.19. The Morgan fingerprint density at radius 2 is 1.91 bits per heavy atom. The van der Waals surface area contributed by atoms with Gasteiger partial charge in [0.25, 0.3) is 0 Å². The van der Waals surface area contributed by atoms with Gasteiger partial charge in [0.1, 0.15) is 5.02 Å². The van der Waals surface area contributed by atoms with Gasteiger partial charge >= 0.3 is 0 Å². The lowest BCUT2D eigenvalue weighted by Gasteiger charge is -2.05. The highest BCUT2D eigenvalue weighted by molar-refractivity contribution is 7.92. The van der Waals surface area contributed by atoms with E-state index in [1.807, 2.05) is 13.0 Å². The van der Waals surface area contributed by atoms with Crippen molar-refractivity contribution in [2.75, 3.05) is 10.5 Å². The van der Waals surface area contributed by atoms with Gasteiger partial charge in [0, 0.05) is 6.20 Å². The molecule has 0 amide bonds. The summed E-state index contributed by atoms with van der Waals surface area (Å²) in [6.45, 7) is 2.32. The number of rotatable bonds is 7. The highest BCUT2D eigenvalue weighted by atomic mass is 35.5. The van der Waals surface area contributed by atoms with E-state index in [4.69, 9.17) is 34.8 Å². The maximum absolute atomic E-state index is 11.9. The van der Waals surface area contributed by atoms with E-state index in [0.29, 0.717) is 23.0 Å². The predicted octanol–water partition coefficient (Wildman–Crippen LogP) is 4.43. The van der Waals surface area contributed by atoms with Crippen LogP contribution in [0.5, 0.6) is 0 Å². The molecule has 1 heterocycles. The minimum absolute atomic E-state index is 0.0412. The Morgan fingerprint density at radius 1 is 1.17 bits per heavy atom. The molecule has 0 aliphatic rings. The Morgan fingerprint density at radius 3 is 2.57 bits per heavy atom. The van der Waals surface area contributed by atoms with Crippen LogP contribution in [0.3, 0.4) is 0 Å². The first kappa shape index (κ1) is 18.4. The van der Waals surface area contributed by atoms with E-state index < -0.39 is 10.0 Å². The van der Waals surface area contributed by atoms with Crippen molar-refractivity contribution in [1.29, 1.82) is 0 Å². The lowest BCUT2D eigenvalue weighted by Crippen LogP contribution is -2.17. The van der Waals surface area contributed by atoms with Gasteiger partial charge in [-0.15, -0.1) is 0 Å². The number of hydrogen-bond acceptors (Lipinski definition) is 3. The fourth-order valence-corrected chi connectivity index (χ4v) is 3.70. The molecule has 0 bridgehead atoms. The first-order chi connectivity index (χ1) is 10.8. The lowest BCUT2D eigenvalue weighted by atomic mass is 10.2. The van der Waals surface area contributed by atoms with Crippen molar-refractivity contribution in [3.8, 4) is 0 Å². The number of aromatic nitrogens is 2. The van der Waals surface area contributed by atoms with Crippen LogP contribution in [0.4, 0.5) is 5.82 Å². The predicted molar refractivity (Wildman–Crippen MR) is 95.1 cm³/mol. The molecule has 0 unspecified atom stereocenters. The van der Waals surface area contributed by atoms with E-state index in [0.717, 1.165) is 12.0 Å². The Bertz CT molecular complexity index is 791. The third-order valence-corrected chi connectivity index (χ3v) is 5.41. The highest BCUT2D eigenvalue weighted by Crippen LogP contribution is 2.25. The first-order valence-electron chi connectivity index (χ1n) is 6.98. The number of nitrogens with one attached hydrogen (secondary N) is 1. The van der Waals surface area contributed by atoms with E-state index >= 15 is 0 Å². The minimum Gasteiger partial charge on any atom is -0.265 e. The van der Waals surface area contributed by atoms with Crippen molar-refractivity contribution in [1.82, 2.24) is 9.78 Å². The van der Waals surface area contributed by atoms with Gasteiger partial charge in [-0.3, -0.25) is 9.40 Å². The zero-order chi connectivity index (χ0) is 17.0. The summed E-state index contributed by atoms with van der Waals surface area (Å²) in [7, 11) is -3.44. The average Bonchev–Trinajstić information content (AvgIpc) is 2.80. The number of halogens is 3. The van der Waals surface area contributed by atoms with Crippen LogP contribution in [-0.2, 0) is 16.6 Å².